The summed E-state index contributed by atoms with van der Waals surface area (Å²) in [5, 5.41) is 6.32. The standard InChI is InChI=1S/C15H23N3O2/c1-12-14(5-9-20-12)15(19)18-8-3-7-17-11-13-4-2-6-16-10-13/h2,4,6,10,12,14,17H,3,5,7-9,11H2,1H3,(H,18,19). The smallest absolute Gasteiger partial charge is 0.225 e. The van der Waals surface area contributed by atoms with Crippen LogP contribution in [0.25, 0.3) is 0 Å². The third-order valence-corrected chi connectivity index (χ3v) is 3.59. The second-order valence-corrected chi connectivity index (χ2v) is 5.15. The van der Waals surface area contributed by atoms with Crippen LogP contribution in [-0.2, 0) is 16.1 Å². The minimum absolute atomic E-state index is 0.0263. The second kappa shape index (κ2) is 7.97. The number of rotatable bonds is 7. The first kappa shape index (κ1) is 14.9. The molecule has 2 atom stereocenters. The molecular weight excluding hydrogens is 254 g/mol. The molecular formula is C15H23N3O2. The maximum absolute atomic E-state index is 11.9. The minimum Gasteiger partial charge on any atom is -0.378 e. The Morgan fingerprint density at radius 2 is 2.40 bits per heavy atom. The van der Waals surface area contributed by atoms with Gasteiger partial charge in [0, 0.05) is 32.1 Å². The van der Waals surface area contributed by atoms with E-state index in [1.165, 1.54) is 5.56 Å². The molecule has 110 valence electrons. The van der Waals surface area contributed by atoms with E-state index in [1.54, 1.807) is 6.20 Å². The lowest BCUT2D eigenvalue weighted by Gasteiger charge is -2.14. The third-order valence-electron chi connectivity index (χ3n) is 3.59. The Kier molecular flexibility index (Phi) is 5.95. The number of nitrogens with zero attached hydrogens (tertiary/aromatic N) is 1. The lowest BCUT2D eigenvalue weighted by Crippen LogP contribution is -2.35. The van der Waals surface area contributed by atoms with Crippen molar-refractivity contribution in [3.8, 4) is 0 Å². The number of nitrogens with one attached hydrogen (secondary N) is 2. The Labute approximate surface area is 120 Å². The van der Waals surface area contributed by atoms with Crippen molar-refractivity contribution in [3.05, 3.63) is 30.1 Å². The van der Waals surface area contributed by atoms with E-state index in [0.29, 0.717) is 13.2 Å². The normalized spacial score (nSPS) is 21.9. The number of amides is 1. The van der Waals surface area contributed by atoms with Crippen molar-refractivity contribution in [2.75, 3.05) is 19.7 Å². The van der Waals surface area contributed by atoms with Gasteiger partial charge in [0.25, 0.3) is 0 Å². The van der Waals surface area contributed by atoms with Gasteiger partial charge in [0.1, 0.15) is 0 Å². The van der Waals surface area contributed by atoms with Crippen LogP contribution in [0.2, 0.25) is 0 Å². The number of hydrogen-bond acceptors (Lipinski definition) is 4. The van der Waals surface area contributed by atoms with E-state index in [1.807, 2.05) is 25.3 Å². The number of hydrogen-bond donors (Lipinski definition) is 2. The average molecular weight is 277 g/mol. The molecule has 1 aliphatic rings. The van der Waals surface area contributed by atoms with E-state index in [2.05, 4.69) is 15.6 Å². The van der Waals surface area contributed by atoms with Crippen LogP contribution in [0.5, 0.6) is 0 Å². The molecule has 2 N–H and O–H groups in total. The highest BCUT2D eigenvalue weighted by atomic mass is 16.5. The molecule has 2 rings (SSSR count). The first-order chi connectivity index (χ1) is 9.77. The molecule has 1 fully saturated rings. The van der Waals surface area contributed by atoms with Gasteiger partial charge in [-0.05, 0) is 37.9 Å². The zero-order valence-corrected chi connectivity index (χ0v) is 12.0. The van der Waals surface area contributed by atoms with Gasteiger partial charge in [-0.3, -0.25) is 9.78 Å². The van der Waals surface area contributed by atoms with Gasteiger partial charge in [0.05, 0.1) is 12.0 Å². The fourth-order valence-electron chi connectivity index (χ4n) is 2.37. The molecule has 1 aromatic heterocycles. The molecule has 0 saturated carbocycles. The Morgan fingerprint density at radius 3 is 3.10 bits per heavy atom. The summed E-state index contributed by atoms with van der Waals surface area (Å²) in [6.07, 6.45) is 5.45. The van der Waals surface area contributed by atoms with E-state index in [0.717, 1.165) is 25.9 Å². The molecule has 0 bridgehead atoms. The summed E-state index contributed by atoms with van der Waals surface area (Å²) in [7, 11) is 0. The Hall–Kier alpha value is -1.46. The van der Waals surface area contributed by atoms with E-state index in [-0.39, 0.29) is 17.9 Å². The lowest BCUT2D eigenvalue weighted by atomic mass is 10.0. The predicted octanol–water partition coefficient (Wildman–Crippen LogP) is 1.10. The molecule has 0 aliphatic carbocycles. The van der Waals surface area contributed by atoms with Crippen LogP contribution in [-0.4, -0.2) is 36.7 Å². The minimum atomic E-state index is 0.0263. The molecule has 5 heteroatoms. The lowest BCUT2D eigenvalue weighted by molar-refractivity contribution is -0.126. The molecule has 2 unspecified atom stereocenters. The molecule has 1 saturated heterocycles. The van der Waals surface area contributed by atoms with Crippen molar-refractivity contribution in [1.29, 1.82) is 0 Å². The predicted molar refractivity (Wildman–Crippen MR) is 77.1 cm³/mol. The summed E-state index contributed by atoms with van der Waals surface area (Å²) in [5.41, 5.74) is 1.17. The van der Waals surface area contributed by atoms with Crippen LogP contribution in [0, 0.1) is 5.92 Å². The third kappa shape index (κ3) is 4.58. The first-order valence-corrected chi connectivity index (χ1v) is 7.26. The Bertz CT molecular complexity index is 411. The highest BCUT2D eigenvalue weighted by Crippen LogP contribution is 2.20. The van der Waals surface area contributed by atoms with Crippen molar-refractivity contribution in [3.63, 3.8) is 0 Å². The number of aromatic nitrogens is 1. The monoisotopic (exact) mass is 277 g/mol. The van der Waals surface area contributed by atoms with Crippen molar-refractivity contribution in [2.45, 2.75) is 32.4 Å². The van der Waals surface area contributed by atoms with Gasteiger partial charge >= 0.3 is 0 Å². The van der Waals surface area contributed by atoms with E-state index >= 15 is 0 Å². The van der Waals surface area contributed by atoms with Gasteiger partial charge in [-0.25, -0.2) is 0 Å². The molecule has 0 spiro atoms. The molecule has 1 aliphatic heterocycles. The molecule has 5 nitrogen and oxygen atoms in total. The van der Waals surface area contributed by atoms with Crippen molar-refractivity contribution < 1.29 is 9.53 Å². The van der Waals surface area contributed by atoms with E-state index < -0.39 is 0 Å². The Balaban J connectivity index is 1.52. The van der Waals surface area contributed by atoms with Crippen molar-refractivity contribution >= 4 is 5.91 Å². The zero-order chi connectivity index (χ0) is 14.2. The molecule has 0 radical (unpaired) electrons. The highest BCUT2D eigenvalue weighted by molar-refractivity contribution is 5.79. The van der Waals surface area contributed by atoms with Gasteiger partial charge in [-0.1, -0.05) is 6.07 Å². The largest absolute Gasteiger partial charge is 0.378 e. The van der Waals surface area contributed by atoms with Crippen molar-refractivity contribution in [1.82, 2.24) is 15.6 Å². The van der Waals surface area contributed by atoms with Crippen LogP contribution in [0.15, 0.2) is 24.5 Å². The molecule has 0 aromatic carbocycles. The van der Waals surface area contributed by atoms with Gasteiger partial charge < -0.3 is 15.4 Å². The molecule has 20 heavy (non-hydrogen) atoms. The summed E-state index contributed by atoms with van der Waals surface area (Å²) >= 11 is 0. The van der Waals surface area contributed by atoms with Crippen LogP contribution >= 0.6 is 0 Å². The number of ether oxygens (including phenoxy) is 1. The van der Waals surface area contributed by atoms with E-state index in [9.17, 15) is 4.79 Å². The summed E-state index contributed by atoms with van der Waals surface area (Å²) in [5.74, 6) is 0.153. The second-order valence-electron chi connectivity index (χ2n) is 5.15. The van der Waals surface area contributed by atoms with Gasteiger partial charge in [0.2, 0.25) is 5.91 Å². The average Bonchev–Trinajstić information content (AvgIpc) is 2.90. The quantitative estimate of drug-likeness (QED) is 0.733. The van der Waals surface area contributed by atoms with Crippen LogP contribution in [0.4, 0.5) is 0 Å². The fourth-order valence-corrected chi connectivity index (χ4v) is 2.37. The summed E-state index contributed by atoms with van der Waals surface area (Å²) < 4.78 is 5.40. The van der Waals surface area contributed by atoms with Crippen molar-refractivity contribution in [2.24, 2.45) is 5.92 Å². The molecule has 2 heterocycles. The topological polar surface area (TPSA) is 63.2 Å². The first-order valence-electron chi connectivity index (χ1n) is 7.26. The number of pyridine rings is 1. The molecule has 1 aromatic rings. The fraction of sp³-hybridized carbons (Fsp3) is 0.600. The zero-order valence-electron chi connectivity index (χ0n) is 12.0. The Morgan fingerprint density at radius 1 is 1.50 bits per heavy atom. The number of carbonyl (C=O) groups excluding carboxylic acids is 1. The summed E-state index contributed by atoms with van der Waals surface area (Å²) in [6, 6.07) is 3.98. The van der Waals surface area contributed by atoms with Gasteiger partial charge in [0.15, 0.2) is 0 Å². The van der Waals surface area contributed by atoms with Crippen LogP contribution < -0.4 is 10.6 Å². The molecule has 1 amide bonds. The van der Waals surface area contributed by atoms with Gasteiger partial charge in [-0.15, -0.1) is 0 Å². The highest BCUT2D eigenvalue weighted by Gasteiger charge is 2.30. The summed E-state index contributed by atoms with van der Waals surface area (Å²) in [4.78, 5) is 16.0. The maximum atomic E-state index is 11.9. The number of carbonyl (C=O) groups is 1. The SMILES string of the molecule is CC1OCCC1C(=O)NCCCNCc1cccnc1. The summed E-state index contributed by atoms with van der Waals surface area (Å²) in [6.45, 7) is 5.07. The van der Waals surface area contributed by atoms with Gasteiger partial charge in [-0.2, -0.15) is 0 Å². The van der Waals surface area contributed by atoms with E-state index in [4.69, 9.17) is 4.74 Å². The van der Waals surface area contributed by atoms with Crippen LogP contribution in [0.1, 0.15) is 25.3 Å². The maximum Gasteiger partial charge on any atom is 0.225 e. The van der Waals surface area contributed by atoms with Crippen LogP contribution in [0.3, 0.4) is 0 Å².